The van der Waals surface area contributed by atoms with E-state index in [1.54, 1.807) is 0 Å². The van der Waals surface area contributed by atoms with Crippen LogP contribution in [0.4, 0.5) is 4.39 Å². The van der Waals surface area contributed by atoms with E-state index in [1.165, 1.54) is 30.5 Å². The van der Waals surface area contributed by atoms with Gasteiger partial charge in [0.15, 0.2) is 0 Å². The van der Waals surface area contributed by atoms with E-state index < -0.39 is 0 Å². The largest absolute Gasteiger partial charge is 0.353 e. The summed E-state index contributed by atoms with van der Waals surface area (Å²) in [6, 6.07) is 19.1. The molecular weight excluding hydrogens is 463 g/mol. The Kier molecular flexibility index (Phi) is 5.29. The summed E-state index contributed by atoms with van der Waals surface area (Å²) in [7, 11) is 0. The van der Waals surface area contributed by atoms with Crippen LogP contribution in [0.25, 0.3) is 55.6 Å². The minimum atomic E-state index is -0.241. The van der Waals surface area contributed by atoms with Crippen LogP contribution >= 0.6 is 0 Å². The van der Waals surface area contributed by atoms with Crippen LogP contribution in [0.5, 0.6) is 0 Å². The number of aromatic amines is 2. The normalized spacial score (nSPS) is 14.2. The number of pyridine rings is 2. The molecule has 0 amide bonds. The van der Waals surface area contributed by atoms with Crippen LogP contribution in [-0.2, 0) is 6.54 Å². The second-order valence-corrected chi connectivity index (χ2v) is 9.71. The van der Waals surface area contributed by atoms with Crippen molar-refractivity contribution in [3.05, 3.63) is 90.6 Å². The van der Waals surface area contributed by atoms with Gasteiger partial charge in [-0.05, 0) is 79.0 Å². The Labute approximate surface area is 213 Å². The van der Waals surface area contributed by atoms with Gasteiger partial charge in [-0.15, -0.1) is 0 Å². The number of benzene rings is 2. The van der Waals surface area contributed by atoms with Crippen molar-refractivity contribution < 1.29 is 4.39 Å². The second-order valence-electron chi connectivity index (χ2n) is 9.71. The molecule has 7 heteroatoms. The fourth-order valence-corrected chi connectivity index (χ4v) is 5.36. The first kappa shape index (κ1) is 21.9. The van der Waals surface area contributed by atoms with E-state index >= 15 is 0 Å². The minimum Gasteiger partial charge on any atom is -0.353 e. The van der Waals surface area contributed by atoms with Gasteiger partial charge < -0.3 is 4.98 Å². The van der Waals surface area contributed by atoms with E-state index in [1.807, 2.05) is 42.9 Å². The lowest BCUT2D eigenvalue weighted by atomic mass is 10.0. The van der Waals surface area contributed by atoms with Crippen LogP contribution in [-0.4, -0.2) is 43.1 Å². The highest BCUT2D eigenvalue weighted by Gasteiger charge is 2.16. The third kappa shape index (κ3) is 4.07. The average molecular weight is 489 g/mol. The average Bonchev–Trinajstić information content (AvgIpc) is 3.68. The van der Waals surface area contributed by atoms with Crippen LogP contribution in [0.3, 0.4) is 0 Å². The first-order chi connectivity index (χ1) is 18.2. The Hall–Kier alpha value is -4.36. The maximum Gasteiger partial charge on any atom is 0.123 e. The van der Waals surface area contributed by atoms with Gasteiger partial charge in [0.1, 0.15) is 11.5 Å². The Balaban J connectivity index is 1.27. The first-order valence-corrected chi connectivity index (χ1v) is 12.6. The number of likely N-dealkylation sites (tertiary alicyclic amines) is 1. The van der Waals surface area contributed by atoms with Gasteiger partial charge in [-0.25, -0.2) is 4.39 Å². The maximum absolute atomic E-state index is 13.5. The summed E-state index contributed by atoms with van der Waals surface area (Å²) < 4.78 is 13.5. The van der Waals surface area contributed by atoms with Crippen LogP contribution < -0.4 is 0 Å². The van der Waals surface area contributed by atoms with Gasteiger partial charge in [0, 0.05) is 40.8 Å². The predicted molar refractivity (Wildman–Crippen MR) is 144 cm³/mol. The summed E-state index contributed by atoms with van der Waals surface area (Å²) in [5.41, 5.74) is 8.71. The number of halogens is 1. The molecule has 6 aromatic rings. The van der Waals surface area contributed by atoms with E-state index in [-0.39, 0.29) is 5.82 Å². The number of hydrogen-bond donors (Lipinski definition) is 2. The Morgan fingerprint density at radius 1 is 0.838 bits per heavy atom. The summed E-state index contributed by atoms with van der Waals surface area (Å²) in [5.74, 6) is -0.241. The molecule has 0 radical (unpaired) electrons. The highest BCUT2D eigenvalue weighted by molar-refractivity contribution is 6.01. The van der Waals surface area contributed by atoms with Crippen molar-refractivity contribution in [1.29, 1.82) is 0 Å². The highest BCUT2D eigenvalue weighted by Crippen LogP contribution is 2.35. The number of H-pyrrole nitrogens is 2. The summed E-state index contributed by atoms with van der Waals surface area (Å²) in [6.07, 6.45) is 8.20. The molecule has 6 nitrogen and oxygen atoms in total. The topological polar surface area (TPSA) is 73.5 Å². The summed E-state index contributed by atoms with van der Waals surface area (Å²) >= 11 is 0. The van der Waals surface area contributed by atoms with Crippen molar-refractivity contribution in [2.24, 2.45) is 0 Å². The number of nitrogens with one attached hydrogen (secondary N) is 2. The van der Waals surface area contributed by atoms with E-state index in [0.29, 0.717) is 0 Å². The zero-order valence-electron chi connectivity index (χ0n) is 20.2. The third-order valence-corrected chi connectivity index (χ3v) is 7.22. The molecule has 1 aliphatic heterocycles. The molecule has 4 aromatic heterocycles. The van der Waals surface area contributed by atoms with Crippen molar-refractivity contribution in [3.63, 3.8) is 0 Å². The summed E-state index contributed by atoms with van der Waals surface area (Å²) in [6.45, 7) is 3.23. The van der Waals surface area contributed by atoms with Crippen molar-refractivity contribution in [2.75, 3.05) is 13.1 Å². The molecule has 1 aliphatic rings. The Bertz CT molecular complexity index is 1730. The lowest BCUT2D eigenvalue weighted by Gasteiger charge is -2.14. The smallest absolute Gasteiger partial charge is 0.123 e. The van der Waals surface area contributed by atoms with Crippen molar-refractivity contribution >= 4 is 21.8 Å². The first-order valence-electron chi connectivity index (χ1n) is 12.6. The van der Waals surface area contributed by atoms with Gasteiger partial charge in [0.05, 0.1) is 23.1 Å². The van der Waals surface area contributed by atoms with Crippen LogP contribution in [0.15, 0.2) is 79.3 Å². The molecule has 0 spiro atoms. The number of rotatable bonds is 5. The number of nitrogens with zero attached hydrogens (tertiary/aromatic N) is 4. The Morgan fingerprint density at radius 2 is 1.70 bits per heavy atom. The number of aromatic nitrogens is 5. The van der Waals surface area contributed by atoms with Gasteiger partial charge in [-0.3, -0.25) is 20.0 Å². The number of fused-ring (bicyclic) bond motifs is 2. The predicted octanol–water partition coefficient (Wildman–Crippen LogP) is 6.57. The van der Waals surface area contributed by atoms with Gasteiger partial charge in [0.2, 0.25) is 0 Å². The molecule has 1 saturated heterocycles. The molecular formula is C30H25FN6. The van der Waals surface area contributed by atoms with Crippen LogP contribution in [0.2, 0.25) is 0 Å². The molecule has 2 aromatic carbocycles. The van der Waals surface area contributed by atoms with Crippen molar-refractivity contribution in [2.45, 2.75) is 19.4 Å². The van der Waals surface area contributed by atoms with E-state index in [0.717, 1.165) is 75.2 Å². The molecule has 7 rings (SSSR count). The molecule has 37 heavy (non-hydrogen) atoms. The molecule has 0 unspecified atom stereocenters. The van der Waals surface area contributed by atoms with Crippen LogP contribution in [0.1, 0.15) is 18.4 Å². The van der Waals surface area contributed by atoms with Gasteiger partial charge >= 0.3 is 0 Å². The molecule has 0 bridgehead atoms. The van der Waals surface area contributed by atoms with Crippen LogP contribution in [0, 0.1) is 5.82 Å². The van der Waals surface area contributed by atoms with Crippen molar-refractivity contribution in [3.8, 4) is 33.8 Å². The fraction of sp³-hybridized carbons (Fsp3) is 0.167. The van der Waals surface area contributed by atoms with Gasteiger partial charge in [-0.1, -0.05) is 24.3 Å². The minimum absolute atomic E-state index is 0.241. The third-order valence-electron chi connectivity index (χ3n) is 7.22. The quantitative estimate of drug-likeness (QED) is 0.288. The summed E-state index contributed by atoms with van der Waals surface area (Å²) in [4.78, 5) is 15.2. The maximum atomic E-state index is 13.5. The lowest BCUT2D eigenvalue weighted by molar-refractivity contribution is 0.331. The molecule has 0 atom stereocenters. The van der Waals surface area contributed by atoms with E-state index in [4.69, 9.17) is 4.98 Å². The molecule has 0 aliphatic carbocycles. The molecule has 5 heterocycles. The molecule has 1 fully saturated rings. The van der Waals surface area contributed by atoms with Crippen molar-refractivity contribution in [1.82, 2.24) is 30.0 Å². The SMILES string of the molecule is Fc1ccc(-c2cccc3[nH]c(-c4n[nH]c5cnc(-c6cncc(CN7CCCC7)c6)cc45)cc23)cc1. The zero-order chi connectivity index (χ0) is 24.8. The zero-order valence-corrected chi connectivity index (χ0v) is 20.2. The fourth-order valence-electron chi connectivity index (χ4n) is 5.36. The number of hydrogen-bond acceptors (Lipinski definition) is 4. The van der Waals surface area contributed by atoms with E-state index in [2.05, 4.69) is 49.3 Å². The second kappa shape index (κ2) is 8.94. The van der Waals surface area contributed by atoms with Gasteiger partial charge in [-0.2, -0.15) is 5.10 Å². The standard InChI is InChI=1S/C30H25FN6/c31-22-8-6-20(7-9-22)23-4-3-5-26-24(23)13-28(34-26)30-25-14-27(33-17-29(25)35-36-30)21-12-19(15-32-16-21)18-37-10-1-2-11-37/h3-9,12-17,34H,1-2,10-11,18H2,(H,35,36). The monoisotopic (exact) mass is 488 g/mol. The summed E-state index contributed by atoms with van der Waals surface area (Å²) in [5, 5.41) is 9.81. The lowest BCUT2D eigenvalue weighted by Crippen LogP contribution is -2.18. The van der Waals surface area contributed by atoms with E-state index in [9.17, 15) is 4.39 Å². The van der Waals surface area contributed by atoms with Gasteiger partial charge in [0.25, 0.3) is 0 Å². The highest BCUT2D eigenvalue weighted by atomic mass is 19.1. The molecule has 0 saturated carbocycles. The molecule has 2 N–H and O–H groups in total. The molecule has 182 valence electrons. The Morgan fingerprint density at radius 3 is 2.57 bits per heavy atom.